The lowest BCUT2D eigenvalue weighted by atomic mass is 10.3. The molecule has 2 heterocycles. The van der Waals surface area contributed by atoms with Crippen LogP contribution in [0.5, 0.6) is 0 Å². The van der Waals surface area contributed by atoms with Crippen molar-refractivity contribution in [1.29, 1.82) is 0 Å². The molecule has 6 heteroatoms. The van der Waals surface area contributed by atoms with Gasteiger partial charge in [0.1, 0.15) is 11.0 Å². The number of hydrogen-bond donors (Lipinski definition) is 1. The topological polar surface area (TPSA) is 55.1 Å². The highest BCUT2D eigenvalue weighted by Gasteiger charge is 2.10. The van der Waals surface area contributed by atoms with E-state index in [-0.39, 0.29) is 0 Å². The summed E-state index contributed by atoms with van der Waals surface area (Å²) in [5, 5.41) is 9.20. The Morgan fingerprint density at radius 2 is 2.30 bits per heavy atom. The Balaban J connectivity index is 2.07. The number of halogens is 1. The first-order valence-corrected chi connectivity index (χ1v) is 7.03. The lowest BCUT2D eigenvalue weighted by molar-refractivity contribution is 0.569. The molecule has 0 aliphatic rings. The Bertz CT molecular complexity index is 577. The summed E-state index contributed by atoms with van der Waals surface area (Å²) in [6.45, 7) is 4.90. The Hall–Kier alpha value is -1.88. The van der Waals surface area contributed by atoms with E-state index in [2.05, 4.69) is 27.5 Å². The van der Waals surface area contributed by atoms with Crippen molar-refractivity contribution in [3.05, 3.63) is 40.8 Å². The zero-order chi connectivity index (χ0) is 14.4. The van der Waals surface area contributed by atoms with Crippen LogP contribution in [0.15, 0.2) is 29.5 Å². The first kappa shape index (κ1) is 14.5. The highest BCUT2D eigenvalue weighted by atomic mass is 35.5. The third-order valence-electron chi connectivity index (χ3n) is 2.87. The number of aromatic nitrogens is 3. The van der Waals surface area contributed by atoms with Crippen LogP contribution in [0, 0.1) is 6.92 Å². The van der Waals surface area contributed by atoms with Gasteiger partial charge in [0.05, 0.1) is 17.5 Å². The first-order chi connectivity index (χ1) is 9.72. The van der Waals surface area contributed by atoms with E-state index in [1.54, 1.807) is 12.4 Å². The summed E-state index contributed by atoms with van der Waals surface area (Å²) in [4.78, 5) is 4.12. The second kappa shape index (κ2) is 7.05. The van der Waals surface area contributed by atoms with Gasteiger partial charge in [0.2, 0.25) is 0 Å². The van der Waals surface area contributed by atoms with Gasteiger partial charge in [-0.1, -0.05) is 31.0 Å². The van der Waals surface area contributed by atoms with Crippen LogP contribution in [0.3, 0.4) is 0 Å². The van der Waals surface area contributed by atoms with Crippen LogP contribution < -0.4 is 5.43 Å². The molecule has 0 amide bonds. The zero-order valence-electron chi connectivity index (χ0n) is 11.7. The third kappa shape index (κ3) is 3.57. The largest absolute Gasteiger partial charge is 0.261 e. The zero-order valence-corrected chi connectivity index (χ0v) is 12.4. The van der Waals surface area contributed by atoms with Gasteiger partial charge in [-0.25, -0.2) is 4.98 Å². The Morgan fingerprint density at radius 3 is 3.00 bits per heavy atom. The average molecular weight is 292 g/mol. The van der Waals surface area contributed by atoms with E-state index in [4.69, 9.17) is 11.6 Å². The van der Waals surface area contributed by atoms with Gasteiger partial charge in [0, 0.05) is 12.7 Å². The van der Waals surface area contributed by atoms with Crippen molar-refractivity contribution in [2.24, 2.45) is 5.10 Å². The molecule has 0 atom stereocenters. The number of hydrazone groups is 1. The summed E-state index contributed by atoms with van der Waals surface area (Å²) in [6.07, 6.45) is 5.56. The van der Waals surface area contributed by atoms with E-state index in [1.807, 2.05) is 29.8 Å². The smallest absolute Gasteiger partial charge is 0.146 e. The summed E-state index contributed by atoms with van der Waals surface area (Å²) < 4.78 is 1.82. The molecule has 5 nitrogen and oxygen atoms in total. The number of aryl methyl sites for hydroxylation is 2. The van der Waals surface area contributed by atoms with Crippen LogP contribution in [0.1, 0.15) is 31.0 Å². The van der Waals surface area contributed by atoms with Crippen LogP contribution >= 0.6 is 11.6 Å². The second-order valence-electron chi connectivity index (χ2n) is 4.45. The fourth-order valence-corrected chi connectivity index (χ4v) is 2.07. The Morgan fingerprint density at radius 1 is 1.45 bits per heavy atom. The monoisotopic (exact) mass is 291 g/mol. The van der Waals surface area contributed by atoms with Crippen LogP contribution in [-0.4, -0.2) is 21.0 Å². The summed E-state index contributed by atoms with van der Waals surface area (Å²) in [6, 6.07) is 5.59. The minimum absolute atomic E-state index is 0.627. The normalized spacial score (nSPS) is 11.2. The maximum absolute atomic E-state index is 6.31. The molecule has 0 aliphatic heterocycles. The van der Waals surface area contributed by atoms with Crippen LogP contribution in [0.2, 0.25) is 5.15 Å². The minimum atomic E-state index is 0.627. The van der Waals surface area contributed by atoms with Crippen molar-refractivity contribution in [2.75, 3.05) is 5.43 Å². The molecule has 0 saturated heterocycles. The molecule has 106 valence electrons. The van der Waals surface area contributed by atoms with Gasteiger partial charge in [-0.05, 0) is 25.5 Å². The molecule has 0 unspecified atom stereocenters. The van der Waals surface area contributed by atoms with Gasteiger partial charge in [-0.2, -0.15) is 10.2 Å². The van der Waals surface area contributed by atoms with Crippen molar-refractivity contribution in [3.63, 3.8) is 0 Å². The van der Waals surface area contributed by atoms with Crippen molar-refractivity contribution in [3.8, 4) is 0 Å². The van der Waals surface area contributed by atoms with Crippen molar-refractivity contribution in [1.82, 2.24) is 14.8 Å². The summed E-state index contributed by atoms with van der Waals surface area (Å²) in [5.74, 6) is 0.691. The highest BCUT2D eigenvalue weighted by molar-refractivity contribution is 6.32. The van der Waals surface area contributed by atoms with Gasteiger partial charge < -0.3 is 0 Å². The van der Waals surface area contributed by atoms with Gasteiger partial charge in [0.15, 0.2) is 0 Å². The predicted octanol–water partition coefficient (Wildman–Crippen LogP) is 3.49. The van der Waals surface area contributed by atoms with Gasteiger partial charge >= 0.3 is 0 Å². The maximum Gasteiger partial charge on any atom is 0.146 e. The summed E-state index contributed by atoms with van der Waals surface area (Å²) in [5.41, 5.74) is 4.57. The van der Waals surface area contributed by atoms with Gasteiger partial charge in [-0.15, -0.1) is 0 Å². The van der Waals surface area contributed by atoms with E-state index < -0.39 is 0 Å². The molecule has 2 aromatic heterocycles. The molecule has 2 rings (SSSR count). The number of rotatable bonds is 6. The molecular weight excluding hydrogens is 274 g/mol. The van der Waals surface area contributed by atoms with Crippen LogP contribution in [-0.2, 0) is 6.54 Å². The summed E-state index contributed by atoms with van der Waals surface area (Å²) in [7, 11) is 0. The molecular formula is C14H18ClN5. The molecule has 0 aliphatic carbocycles. The Labute approximate surface area is 123 Å². The first-order valence-electron chi connectivity index (χ1n) is 6.65. The number of hydrogen-bond acceptors (Lipinski definition) is 4. The molecule has 2 aromatic rings. The van der Waals surface area contributed by atoms with E-state index >= 15 is 0 Å². The number of nitrogens with zero attached hydrogens (tertiary/aromatic N) is 4. The lowest BCUT2D eigenvalue weighted by Gasteiger charge is -2.00. The number of pyridine rings is 1. The number of unbranched alkanes of at least 4 members (excludes halogenated alkanes) is 1. The molecule has 0 radical (unpaired) electrons. The molecule has 0 bridgehead atoms. The molecule has 0 saturated carbocycles. The lowest BCUT2D eigenvalue weighted by Crippen LogP contribution is -2.00. The molecule has 0 spiro atoms. The fraction of sp³-hybridized carbons (Fsp3) is 0.357. The van der Waals surface area contributed by atoms with Crippen molar-refractivity contribution in [2.45, 2.75) is 33.2 Å². The minimum Gasteiger partial charge on any atom is -0.261 e. The quantitative estimate of drug-likeness (QED) is 0.655. The molecule has 20 heavy (non-hydrogen) atoms. The number of nitrogens with one attached hydrogen (secondary N) is 1. The van der Waals surface area contributed by atoms with Crippen molar-refractivity contribution < 1.29 is 0 Å². The summed E-state index contributed by atoms with van der Waals surface area (Å²) >= 11 is 6.31. The van der Waals surface area contributed by atoms with Crippen molar-refractivity contribution >= 4 is 23.6 Å². The van der Waals surface area contributed by atoms with E-state index in [1.165, 1.54) is 0 Å². The standard InChI is InChI=1S/C14H18ClN5/c1-3-4-9-20-14(15)12(11(2)19-20)10-17-18-13-7-5-6-8-16-13/h5-8,10H,3-4,9H2,1-2H3,(H,16,18)/b17-10-. The third-order valence-corrected chi connectivity index (χ3v) is 3.27. The van der Waals surface area contributed by atoms with Crippen LogP contribution in [0.25, 0.3) is 0 Å². The van der Waals surface area contributed by atoms with E-state index in [0.717, 1.165) is 30.6 Å². The van der Waals surface area contributed by atoms with Gasteiger partial charge in [-0.3, -0.25) is 10.1 Å². The molecule has 0 fully saturated rings. The maximum atomic E-state index is 6.31. The Kier molecular flexibility index (Phi) is 5.12. The number of anilines is 1. The second-order valence-corrected chi connectivity index (χ2v) is 4.81. The van der Waals surface area contributed by atoms with Crippen LogP contribution in [0.4, 0.5) is 5.82 Å². The van der Waals surface area contributed by atoms with E-state index in [9.17, 15) is 0 Å². The van der Waals surface area contributed by atoms with Gasteiger partial charge in [0.25, 0.3) is 0 Å². The molecule has 0 aromatic carbocycles. The van der Waals surface area contributed by atoms with E-state index in [0.29, 0.717) is 11.0 Å². The fourth-order valence-electron chi connectivity index (χ4n) is 1.76. The highest BCUT2D eigenvalue weighted by Crippen LogP contribution is 2.18. The SMILES string of the molecule is CCCCn1nc(C)c(/C=N\Nc2ccccn2)c1Cl. The average Bonchev–Trinajstić information content (AvgIpc) is 2.73. The predicted molar refractivity (Wildman–Crippen MR) is 82.3 cm³/mol. The molecule has 1 N–H and O–H groups in total.